The molecule has 1 aliphatic heterocycles. The van der Waals surface area contributed by atoms with E-state index in [0.717, 1.165) is 13.1 Å². The molecular formula is C15H24N2O2S. The van der Waals surface area contributed by atoms with Gasteiger partial charge in [-0.05, 0) is 36.9 Å². The van der Waals surface area contributed by atoms with Crippen molar-refractivity contribution >= 4 is 15.5 Å². The van der Waals surface area contributed by atoms with Crippen molar-refractivity contribution in [1.29, 1.82) is 0 Å². The molecule has 112 valence electrons. The van der Waals surface area contributed by atoms with Crippen molar-refractivity contribution in [3.63, 3.8) is 0 Å². The van der Waals surface area contributed by atoms with Crippen LogP contribution < -0.4 is 10.6 Å². The van der Waals surface area contributed by atoms with Gasteiger partial charge in [0.25, 0.3) is 0 Å². The second-order valence-electron chi connectivity index (χ2n) is 6.25. The molecule has 1 aliphatic rings. The van der Waals surface area contributed by atoms with E-state index in [1.807, 2.05) is 12.1 Å². The van der Waals surface area contributed by atoms with Crippen LogP contribution in [0.25, 0.3) is 0 Å². The quantitative estimate of drug-likeness (QED) is 0.895. The minimum atomic E-state index is -3.20. The number of sulfone groups is 1. The number of hydrogen-bond donors (Lipinski definition) is 2. The lowest BCUT2D eigenvalue weighted by Crippen LogP contribution is -2.50. The fraction of sp³-hybridized carbons (Fsp3) is 0.600. The third kappa shape index (κ3) is 3.52. The maximum Gasteiger partial charge on any atom is 0.177 e. The van der Waals surface area contributed by atoms with Crippen molar-refractivity contribution in [2.75, 3.05) is 24.7 Å². The Bertz CT molecular complexity index is 567. The molecule has 0 amide bonds. The zero-order chi connectivity index (χ0) is 14.8. The van der Waals surface area contributed by atoms with Gasteiger partial charge in [0.1, 0.15) is 0 Å². The molecule has 20 heavy (non-hydrogen) atoms. The minimum absolute atomic E-state index is 0.227. The number of anilines is 1. The Hall–Kier alpha value is -1.07. The average molecular weight is 296 g/mol. The zero-order valence-corrected chi connectivity index (χ0v) is 13.3. The van der Waals surface area contributed by atoms with Crippen LogP contribution in [0, 0.1) is 5.41 Å². The van der Waals surface area contributed by atoms with Crippen molar-refractivity contribution in [1.82, 2.24) is 5.32 Å². The molecule has 4 nitrogen and oxygen atoms in total. The highest BCUT2D eigenvalue weighted by Gasteiger charge is 2.31. The summed E-state index contributed by atoms with van der Waals surface area (Å²) in [6, 6.07) is 7.44. The van der Waals surface area contributed by atoms with Gasteiger partial charge in [0.2, 0.25) is 0 Å². The molecule has 0 radical (unpaired) electrons. The Balaban J connectivity index is 2.12. The number of benzene rings is 1. The minimum Gasteiger partial charge on any atom is -0.382 e. The van der Waals surface area contributed by atoms with Crippen LogP contribution in [0.5, 0.6) is 0 Å². The SMILES string of the molecule is CC1(C)CCCNC1CNc1ccccc1S(C)(=O)=O. The van der Waals surface area contributed by atoms with Crippen molar-refractivity contribution in [2.45, 2.75) is 37.6 Å². The molecule has 1 fully saturated rings. The fourth-order valence-electron chi connectivity index (χ4n) is 2.77. The largest absolute Gasteiger partial charge is 0.382 e. The molecule has 0 saturated carbocycles. The second kappa shape index (κ2) is 5.74. The van der Waals surface area contributed by atoms with E-state index >= 15 is 0 Å². The number of rotatable bonds is 4. The van der Waals surface area contributed by atoms with Gasteiger partial charge in [0.15, 0.2) is 9.84 Å². The summed E-state index contributed by atoms with van der Waals surface area (Å²) >= 11 is 0. The summed E-state index contributed by atoms with van der Waals surface area (Å²) in [7, 11) is -3.20. The summed E-state index contributed by atoms with van der Waals surface area (Å²) < 4.78 is 23.6. The third-order valence-electron chi connectivity index (χ3n) is 4.12. The molecule has 1 atom stereocenters. The predicted molar refractivity (Wildman–Crippen MR) is 82.8 cm³/mol. The molecule has 2 rings (SSSR count). The highest BCUT2D eigenvalue weighted by Crippen LogP contribution is 2.30. The Morgan fingerprint density at radius 2 is 2.05 bits per heavy atom. The number of para-hydroxylation sites is 1. The average Bonchev–Trinajstić information content (AvgIpc) is 2.36. The summed E-state index contributed by atoms with van der Waals surface area (Å²) in [5.74, 6) is 0. The topological polar surface area (TPSA) is 58.2 Å². The van der Waals surface area contributed by atoms with E-state index < -0.39 is 9.84 Å². The normalized spacial score (nSPS) is 22.4. The van der Waals surface area contributed by atoms with Crippen LogP contribution in [0.15, 0.2) is 29.2 Å². The van der Waals surface area contributed by atoms with Gasteiger partial charge in [-0.15, -0.1) is 0 Å². The Kier molecular flexibility index (Phi) is 4.39. The van der Waals surface area contributed by atoms with E-state index in [1.165, 1.54) is 19.1 Å². The lowest BCUT2D eigenvalue weighted by atomic mass is 9.77. The molecule has 0 spiro atoms. The van der Waals surface area contributed by atoms with Gasteiger partial charge in [-0.2, -0.15) is 0 Å². The highest BCUT2D eigenvalue weighted by atomic mass is 32.2. The highest BCUT2D eigenvalue weighted by molar-refractivity contribution is 7.90. The van der Waals surface area contributed by atoms with Gasteiger partial charge in [-0.1, -0.05) is 26.0 Å². The van der Waals surface area contributed by atoms with E-state index in [0.29, 0.717) is 16.6 Å². The Labute approximate surface area is 121 Å². The molecule has 0 aliphatic carbocycles. The first-order chi connectivity index (χ1) is 9.31. The van der Waals surface area contributed by atoms with Crippen LogP contribution in [-0.2, 0) is 9.84 Å². The number of piperidine rings is 1. The second-order valence-corrected chi connectivity index (χ2v) is 8.23. The first-order valence-corrected chi connectivity index (χ1v) is 8.96. The van der Waals surface area contributed by atoms with E-state index in [2.05, 4.69) is 24.5 Å². The third-order valence-corrected chi connectivity index (χ3v) is 5.27. The molecule has 1 aromatic rings. The van der Waals surface area contributed by atoms with E-state index in [1.54, 1.807) is 12.1 Å². The summed E-state index contributed by atoms with van der Waals surface area (Å²) in [6.07, 6.45) is 3.64. The van der Waals surface area contributed by atoms with Gasteiger partial charge in [0, 0.05) is 18.8 Å². The molecule has 5 heteroatoms. The van der Waals surface area contributed by atoms with Crippen molar-refractivity contribution in [2.24, 2.45) is 5.41 Å². The lowest BCUT2D eigenvalue weighted by molar-refractivity contribution is 0.188. The maximum atomic E-state index is 11.8. The number of nitrogens with one attached hydrogen (secondary N) is 2. The van der Waals surface area contributed by atoms with Gasteiger partial charge >= 0.3 is 0 Å². The number of hydrogen-bond acceptors (Lipinski definition) is 4. The molecular weight excluding hydrogens is 272 g/mol. The van der Waals surface area contributed by atoms with Crippen LogP contribution in [-0.4, -0.2) is 33.8 Å². The zero-order valence-electron chi connectivity index (χ0n) is 12.4. The van der Waals surface area contributed by atoms with Crippen LogP contribution in [0.3, 0.4) is 0 Å². The van der Waals surface area contributed by atoms with Gasteiger partial charge in [-0.3, -0.25) is 0 Å². The molecule has 1 heterocycles. The summed E-state index contributed by atoms with van der Waals surface area (Å²) in [5.41, 5.74) is 0.920. The Morgan fingerprint density at radius 1 is 1.35 bits per heavy atom. The van der Waals surface area contributed by atoms with Crippen molar-refractivity contribution in [3.8, 4) is 0 Å². The fourth-order valence-corrected chi connectivity index (χ4v) is 3.63. The first-order valence-electron chi connectivity index (χ1n) is 7.07. The lowest BCUT2D eigenvalue weighted by Gasteiger charge is -2.39. The van der Waals surface area contributed by atoms with E-state index in [4.69, 9.17) is 0 Å². The molecule has 0 bridgehead atoms. The van der Waals surface area contributed by atoms with E-state index in [-0.39, 0.29) is 5.41 Å². The van der Waals surface area contributed by atoms with Crippen molar-refractivity contribution in [3.05, 3.63) is 24.3 Å². The Morgan fingerprint density at radius 3 is 2.70 bits per heavy atom. The molecule has 0 aromatic heterocycles. The summed E-state index contributed by atoms with van der Waals surface area (Å²) in [4.78, 5) is 0.369. The first kappa shape index (κ1) is 15.3. The van der Waals surface area contributed by atoms with Crippen LogP contribution in [0.1, 0.15) is 26.7 Å². The molecule has 1 unspecified atom stereocenters. The van der Waals surface area contributed by atoms with Gasteiger partial charge < -0.3 is 10.6 Å². The predicted octanol–water partition coefficient (Wildman–Crippen LogP) is 2.28. The molecule has 1 saturated heterocycles. The van der Waals surface area contributed by atoms with Crippen molar-refractivity contribution < 1.29 is 8.42 Å². The van der Waals surface area contributed by atoms with Crippen LogP contribution >= 0.6 is 0 Å². The van der Waals surface area contributed by atoms with E-state index in [9.17, 15) is 8.42 Å². The van der Waals surface area contributed by atoms with Gasteiger partial charge in [0.05, 0.1) is 10.6 Å². The summed E-state index contributed by atoms with van der Waals surface area (Å²) in [6.45, 7) is 6.28. The molecule has 1 aromatic carbocycles. The monoisotopic (exact) mass is 296 g/mol. The summed E-state index contributed by atoms with van der Waals surface area (Å²) in [5, 5.41) is 6.83. The molecule has 2 N–H and O–H groups in total. The smallest absolute Gasteiger partial charge is 0.177 e. The standard InChI is InChI=1S/C15H24N2O2S/c1-15(2)9-6-10-16-14(15)11-17-12-7-4-5-8-13(12)20(3,18)19/h4-5,7-8,14,16-17H,6,9-11H2,1-3H3. The van der Waals surface area contributed by atoms with Gasteiger partial charge in [-0.25, -0.2) is 8.42 Å². The maximum absolute atomic E-state index is 11.8. The van der Waals surface area contributed by atoms with Crippen LogP contribution in [0.2, 0.25) is 0 Å². The van der Waals surface area contributed by atoms with Crippen LogP contribution in [0.4, 0.5) is 5.69 Å².